The molecule has 3 heterocycles. The van der Waals surface area contributed by atoms with Crippen LogP contribution in [0.15, 0.2) is 18.3 Å². The first kappa shape index (κ1) is 12.9. The first-order chi connectivity index (χ1) is 9.33. The molecule has 6 heteroatoms. The smallest absolute Gasteiger partial charge is 0.407 e. The van der Waals surface area contributed by atoms with Crippen molar-refractivity contribution in [1.29, 1.82) is 0 Å². The molecule has 0 aromatic carbocycles. The molecular weight excluding hydrogens is 241 g/mol. The van der Waals surface area contributed by atoms with Gasteiger partial charge in [-0.3, -0.25) is 0 Å². The summed E-state index contributed by atoms with van der Waals surface area (Å²) in [6.07, 6.45) is 2.85. The summed E-state index contributed by atoms with van der Waals surface area (Å²) in [5.74, 6) is 1.05. The maximum Gasteiger partial charge on any atom is 0.495 e. The van der Waals surface area contributed by atoms with Gasteiger partial charge in [0.2, 0.25) is 0 Å². The number of likely N-dealkylation sites (N-methyl/N-ethyl adjacent to an activating group) is 1. The second-order valence-corrected chi connectivity index (χ2v) is 5.17. The van der Waals surface area contributed by atoms with Crippen LogP contribution in [0.1, 0.15) is 6.42 Å². The predicted octanol–water partition coefficient (Wildman–Crippen LogP) is -0.0345. The van der Waals surface area contributed by atoms with E-state index in [1.165, 1.54) is 0 Å². The third-order valence-corrected chi connectivity index (χ3v) is 3.70. The number of anilines is 1. The fourth-order valence-corrected chi connectivity index (χ4v) is 2.44. The number of rotatable bonds is 2. The van der Waals surface area contributed by atoms with Crippen LogP contribution in [0.4, 0.5) is 5.82 Å². The Morgan fingerprint density at radius 3 is 2.47 bits per heavy atom. The Morgan fingerprint density at radius 2 is 1.84 bits per heavy atom. The molecule has 0 atom stereocenters. The summed E-state index contributed by atoms with van der Waals surface area (Å²) in [7, 11) is 1.92. The van der Waals surface area contributed by atoms with Gasteiger partial charge in [-0.1, -0.05) is 6.07 Å². The number of pyridine rings is 1. The molecule has 1 aromatic rings. The zero-order valence-corrected chi connectivity index (χ0v) is 11.4. The van der Waals surface area contributed by atoms with Gasteiger partial charge in [0.1, 0.15) is 5.82 Å². The Hall–Kier alpha value is -1.11. The van der Waals surface area contributed by atoms with Crippen molar-refractivity contribution in [3.8, 4) is 0 Å². The molecule has 1 aromatic heterocycles. The molecule has 0 radical (unpaired) electrons. The topological polar surface area (TPSA) is 37.8 Å². The van der Waals surface area contributed by atoms with Gasteiger partial charge in [-0.25, -0.2) is 4.98 Å². The van der Waals surface area contributed by atoms with E-state index in [0.29, 0.717) is 0 Å². The molecule has 2 saturated heterocycles. The highest BCUT2D eigenvalue weighted by Gasteiger charge is 2.25. The van der Waals surface area contributed by atoms with E-state index in [1.54, 1.807) is 0 Å². The van der Waals surface area contributed by atoms with Crippen LogP contribution in [0, 0.1) is 0 Å². The van der Waals surface area contributed by atoms with E-state index in [0.717, 1.165) is 57.1 Å². The molecule has 0 N–H and O–H groups in total. The molecule has 0 aliphatic carbocycles. The number of aromatic nitrogens is 1. The quantitative estimate of drug-likeness (QED) is 0.699. The highest BCUT2D eigenvalue weighted by Crippen LogP contribution is 2.12. The van der Waals surface area contributed by atoms with Gasteiger partial charge >= 0.3 is 7.12 Å². The van der Waals surface area contributed by atoms with Gasteiger partial charge in [0, 0.05) is 51.1 Å². The number of hydrogen-bond acceptors (Lipinski definition) is 5. The van der Waals surface area contributed by atoms with E-state index in [-0.39, 0.29) is 7.12 Å². The van der Waals surface area contributed by atoms with Crippen molar-refractivity contribution in [3.05, 3.63) is 18.3 Å². The summed E-state index contributed by atoms with van der Waals surface area (Å²) < 4.78 is 11.2. The van der Waals surface area contributed by atoms with E-state index >= 15 is 0 Å². The van der Waals surface area contributed by atoms with Crippen molar-refractivity contribution in [1.82, 2.24) is 9.88 Å². The average Bonchev–Trinajstić information content (AvgIpc) is 2.49. The third-order valence-electron chi connectivity index (χ3n) is 3.70. The minimum atomic E-state index is -0.234. The van der Waals surface area contributed by atoms with Crippen LogP contribution in [-0.2, 0) is 9.31 Å². The second-order valence-electron chi connectivity index (χ2n) is 5.17. The van der Waals surface area contributed by atoms with Gasteiger partial charge in [0.25, 0.3) is 0 Å². The van der Waals surface area contributed by atoms with Gasteiger partial charge < -0.3 is 19.1 Å². The minimum absolute atomic E-state index is 0.234. The number of nitrogens with zero attached hydrogens (tertiary/aromatic N) is 3. The SMILES string of the molecule is CN1CCN(c2ccc(B3OCCCO3)cn2)CC1. The largest absolute Gasteiger partial charge is 0.495 e. The molecule has 3 rings (SSSR count). The molecule has 102 valence electrons. The standard InChI is InChI=1S/C13H20BN3O2/c1-16-5-7-17(8-6-16)13-4-3-12(11-15-13)14-18-9-2-10-19-14/h3-4,11H,2,5-10H2,1H3. The van der Waals surface area contributed by atoms with Crippen molar-refractivity contribution < 1.29 is 9.31 Å². The van der Waals surface area contributed by atoms with Crippen LogP contribution in [0.25, 0.3) is 0 Å². The Labute approximate surface area is 114 Å². The van der Waals surface area contributed by atoms with Crippen LogP contribution >= 0.6 is 0 Å². The van der Waals surface area contributed by atoms with E-state index < -0.39 is 0 Å². The lowest BCUT2D eigenvalue weighted by molar-refractivity contribution is 0.143. The monoisotopic (exact) mass is 261 g/mol. The van der Waals surface area contributed by atoms with E-state index in [2.05, 4.69) is 34.0 Å². The lowest BCUT2D eigenvalue weighted by atomic mass is 9.79. The highest BCUT2D eigenvalue weighted by atomic mass is 16.6. The molecule has 0 saturated carbocycles. The third kappa shape index (κ3) is 3.08. The zero-order valence-electron chi connectivity index (χ0n) is 11.4. The molecular formula is C13H20BN3O2. The lowest BCUT2D eigenvalue weighted by Crippen LogP contribution is -2.45. The minimum Gasteiger partial charge on any atom is -0.407 e. The molecule has 2 aliphatic heterocycles. The van der Waals surface area contributed by atoms with Crippen molar-refractivity contribution in [2.24, 2.45) is 0 Å². The fraction of sp³-hybridized carbons (Fsp3) is 0.615. The van der Waals surface area contributed by atoms with Crippen LogP contribution < -0.4 is 10.4 Å². The molecule has 0 unspecified atom stereocenters. The van der Waals surface area contributed by atoms with Crippen LogP contribution in [-0.4, -0.2) is 63.4 Å². The maximum absolute atomic E-state index is 5.58. The van der Waals surface area contributed by atoms with E-state index in [9.17, 15) is 0 Å². The Bertz CT molecular complexity index is 401. The molecule has 5 nitrogen and oxygen atoms in total. The van der Waals surface area contributed by atoms with Crippen molar-refractivity contribution in [3.63, 3.8) is 0 Å². The summed E-state index contributed by atoms with van der Waals surface area (Å²) in [6, 6.07) is 4.14. The summed E-state index contributed by atoms with van der Waals surface area (Å²) in [5.41, 5.74) is 1.01. The van der Waals surface area contributed by atoms with Gasteiger partial charge in [0.15, 0.2) is 0 Å². The molecule has 0 bridgehead atoms. The molecule has 2 aliphatic rings. The lowest BCUT2D eigenvalue weighted by Gasteiger charge is -2.33. The predicted molar refractivity (Wildman–Crippen MR) is 75.9 cm³/mol. The summed E-state index contributed by atoms with van der Waals surface area (Å²) in [5, 5.41) is 0. The van der Waals surface area contributed by atoms with Crippen LogP contribution in [0.2, 0.25) is 0 Å². The zero-order chi connectivity index (χ0) is 13.1. The van der Waals surface area contributed by atoms with Crippen molar-refractivity contribution >= 4 is 18.4 Å². The summed E-state index contributed by atoms with van der Waals surface area (Å²) in [6.45, 7) is 5.81. The van der Waals surface area contributed by atoms with Gasteiger partial charge in [-0.2, -0.15) is 0 Å². The summed E-state index contributed by atoms with van der Waals surface area (Å²) in [4.78, 5) is 9.22. The molecule has 0 amide bonds. The Kier molecular flexibility index (Phi) is 4.01. The number of hydrogen-bond donors (Lipinski definition) is 0. The Balaban J connectivity index is 1.65. The normalized spacial score (nSPS) is 21.7. The van der Waals surface area contributed by atoms with Crippen LogP contribution in [0.3, 0.4) is 0 Å². The van der Waals surface area contributed by atoms with Gasteiger partial charge in [-0.15, -0.1) is 0 Å². The van der Waals surface area contributed by atoms with E-state index in [1.807, 2.05) is 6.20 Å². The van der Waals surface area contributed by atoms with Crippen LogP contribution in [0.5, 0.6) is 0 Å². The average molecular weight is 261 g/mol. The maximum atomic E-state index is 5.58. The van der Waals surface area contributed by atoms with E-state index in [4.69, 9.17) is 9.31 Å². The summed E-state index contributed by atoms with van der Waals surface area (Å²) >= 11 is 0. The highest BCUT2D eigenvalue weighted by molar-refractivity contribution is 6.61. The van der Waals surface area contributed by atoms with Gasteiger partial charge in [-0.05, 0) is 19.5 Å². The van der Waals surface area contributed by atoms with Crippen molar-refractivity contribution in [2.45, 2.75) is 6.42 Å². The first-order valence-electron chi connectivity index (χ1n) is 6.95. The van der Waals surface area contributed by atoms with Gasteiger partial charge in [0.05, 0.1) is 0 Å². The first-order valence-corrected chi connectivity index (χ1v) is 6.95. The molecule has 19 heavy (non-hydrogen) atoms. The van der Waals surface area contributed by atoms with Crippen molar-refractivity contribution in [2.75, 3.05) is 51.3 Å². The molecule has 0 spiro atoms. The Morgan fingerprint density at radius 1 is 1.11 bits per heavy atom. The molecule has 2 fully saturated rings. The number of piperazine rings is 1. The second kappa shape index (κ2) is 5.90. The fourth-order valence-electron chi connectivity index (χ4n) is 2.44.